The summed E-state index contributed by atoms with van der Waals surface area (Å²) in [7, 11) is -3.44. The van der Waals surface area contributed by atoms with Gasteiger partial charge < -0.3 is 5.11 Å². The van der Waals surface area contributed by atoms with E-state index in [0.717, 1.165) is 11.1 Å². The van der Waals surface area contributed by atoms with Crippen LogP contribution in [0.5, 0.6) is 5.75 Å². The van der Waals surface area contributed by atoms with Crippen molar-refractivity contribution in [3.05, 3.63) is 59.7 Å². The van der Waals surface area contributed by atoms with Crippen LogP contribution >= 0.6 is 0 Å². The molecule has 0 aliphatic heterocycles. The lowest BCUT2D eigenvalue weighted by atomic mass is 10.1. The summed E-state index contributed by atoms with van der Waals surface area (Å²) in [6.45, 7) is 2.28. The molecular weight excluding hydrogens is 286 g/mol. The van der Waals surface area contributed by atoms with Crippen LogP contribution in [0.1, 0.15) is 17.5 Å². The van der Waals surface area contributed by atoms with Crippen molar-refractivity contribution in [1.82, 2.24) is 4.72 Å². The molecule has 0 unspecified atom stereocenters. The van der Waals surface area contributed by atoms with Crippen LogP contribution in [-0.4, -0.2) is 20.1 Å². The van der Waals surface area contributed by atoms with Gasteiger partial charge in [0.05, 0.1) is 4.90 Å². The van der Waals surface area contributed by atoms with Gasteiger partial charge in [0.1, 0.15) is 5.75 Å². The van der Waals surface area contributed by atoms with E-state index in [1.807, 2.05) is 13.0 Å². The average molecular weight is 305 g/mol. The number of nitrogens with one attached hydrogen (secondary N) is 1. The zero-order chi connectivity index (χ0) is 15.3. The Hall–Kier alpha value is -1.85. The van der Waals surface area contributed by atoms with Gasteiger partial charge in [0.15, 0.2) is 0 Å². The van der Waals surface area contributed by atoms with Crippen LogP contribution < -0.4 is 4.72 Å². The number of phenolic OH excluding ortho intramolecular Hbond substituents is 1. The van der Waals surface area contributed by atoms with Gasteiger partial charge >= 0.3 is 0 Å². The number of sulfonamides is 1. The molecule has 0 aliphatic carbocycles. The number of aryl methyl sites for hydroxylation is 2. The molecule has 2 rings (SSSR count). The average Bonchev–Trinajstić information content (AvgIpc) is 2.44. The van der Waals surface area contributed by atoms with Crippen LogP contribution in [0.25, 0.3) is 0 Å². The summed E-state index contributed by atoms with van der Waals surface area (Å²) in [6.07, 6.45) is 1.39. The molecule has 0 atom stereocenters. The number of hydrogen-bond acceptors (Lipinski definition) is 3. The van der Waals surface area contributed by atoms with Crippen molar-refractivity contribution in [1.29, 1.82) is 0 Å². The van der Waals surface area contributed by atoms with Crippen molar-refractivity contribution in [2.24, 2.45) is 0 Å². The minimum atomic E-state index is -3.44. The van der Waals surface area contributed by atoms with Crippen molar-refractivity contribution in [2.45, 2.75) is 24.7 Å². The number of phenols is 1. The van der Waals surface area contributed by atoms with Crippen molar-refractivity contribution in [3.8, 4) is 5.75 Å². The zero-order valence-corrected chi connectivity index (χ0v) is 12.7. The normalized spacial score (nSPS) is 11.5. The summed E-state index contributed by atoms with van der Waals surface area (Å²) in [6, 6.07) is 13.8. The highest BCUT2D eigenvalue weighted by Gasteiger charge is 2.12. The smallest absolute Gasteiger partial charge is 0.240 e. The Morgan fingerprint density at radius 3 is 2.48 bits per heavy atom. The largest absolute Gasteiger partial charge is 0.508 e. The fourth-order valence-corrected chi connectivity index (χ4v) is 3.09. The Balaban J connectivity index is 1.86. The van der Waals surface area contributed by atoms with Crippen LogP contribution in [0.15, 0.2) is 53.4 Å². The zero-order valence-electron chi connectivity index (χ0n) is 11.9. The van der Waals surface area contributed by atoms with Crippen LogP contribution in [0.4, 0.5) is 0 Å². The Labute approximate surface area is 125 Å². The van der Waals surface area contributed by atoms with Crippen LogP contribution in [0.2, 0.25) is 0 Å². The second-order valence-corrected chi connectivity index (χ2v) is 6.75. The standard InChI is InChI=1S/C16H19NO3S/c1-13-7-9-16(10-8-13)21(19,20)17-11-3-5-14-4-2-6-15(18)12-14/h2,4,6-10,12,17-18H,3,5,11H2,1H3. The van der Waals surface area contributed by atoms with E-state index in [4.69, 9.17) is 0 Å². The fourth-order valence-electron chi connectivity index (χ4n) is 2.01. The summed E-state index contributed by atoms with van der Waals surface area (Å²) >= 11 is 0. The van der Waals surface area contributed by atoms with Gasteiger partial charge in [0.25, 0.3) is 0 Å². The molecule has 112 valence electrons. The van der Waals surface area contributed by atoms with Crippen LogP contribution in [0.3, 0.4) is 0 Å². The van der Waals surface area contributed by atoms with Gasteiger partial charge in [0.2, 0.25) is 10.0 Å². The highest BCUT2D eigenvalue weighted by atomic mass is 32.2. The predicted molar refractivity (Wildman–Crippen MR) is 82.8 cm³/mol. The topological polar surface area (TPSA) is 66.4 Å². The van der Waals surface area contributed by atoms with Crippen molar-refractivity contribution < 1.29 is 13.5 Å². The molecule has 2 aromatic carbocycles. The number of benzene rings is 2. The van der Waals surface area contributed by atoms with Gasteiger partial charge in [-0.2, -0.15) is 0 Å². The third-order valence-electron chi connectivity index (χ3n) is 3.18. The fraction of sp³-hybridized carbons (Fsp3) is 0.250. The third-order valence-corrected chi connectivity index (χ3v) is 4.65. The molecule has 0 spiro atoms. The molecule has 0 saturated carbocycles. The third kappa shape index (κ3) is 4.58. The quantitative estimate of drug-likeness (QED) is 0.806. The molecule has 5 heteroatoms. The maximum atomic E-state index is 12.1. The summed E-state index contributed by atoms with van der Waals surface area (Å²) in [5.41, 5.74) is 2.02. The Bertz CT molecular complexity index is 694. The molecular formula is C16H19NO3S. The number of aromatic hydroxyl groups is 1. The van der Waals surface area contributed by atoms with Crippen molar-refractivity contribution in [3.63, 3.8) is 0 Å². The van der Waals surface area contributed by atoms with Gasteiger partial charge in [-0.3, -0.25) is 0 Å². The summed E-state index contributed by atoms with van der Waals surface area (Å²) in [5, 5.41) is 9.36. The molecule has 4 nitrogen and oxygen atoms in total. The molecule has 0 saturated heterocycles. The number of rotatable bonds is 6. The minimum absolute atomic E-state index is 0.229. The molecule has 0 aromatic heterocycles. The van der Waals surface area contributed by atoms with Crippen molar-refractivity contribution in [2.75, 3.05) is 6.54 Å². The predicted octanol–water partition coefficient (Wildman–Crippen LogP) is 2.61. The van der Waals surface area contributed by atoms with E-state index in [9.17, 15) is 13.5 Å². The molecule has 2 aromatic rings. The van der Waals surface area contributed by atoms with E-state index in [-0.39, 0.29) is 10.6 Å². The van der Waals surface area contributed by atoms with E-state index in [0.29, 0.717) is 19.4 Å². The maximum absolute atomic E-state index is 12.1. The summed E-state index contributed by atoms with van der Waals surface area (Å²) in [5.74, 6) is 0.229. The second kappa shape index (κ2) is 6.74. The first-order valence-electron chi connectivity index (χ1n) is 6.82. The SMILES string of the molecule is Cc1ccc(S(=O)(=O)NCCCc2cccc(O)c2)cc1. The summed E-state index contributed by atoms with van der Waals surface area (Å²) in [4.78, 5) is 0.283. The molecule has 0 fully saturated rings. The van der Waals surface area contributed by atoms with Crippen LogP contribution in [-0.2, 0) is 16.4 Å². The lowest BCUT2D eigenvalue weighted by molar-refractivity contribution is 0.474. The first kappa shape index (κ1) is 15.5. The van der Waals surface area contributed by atoms with E-state index in [1.54, 1.807) is 42.5 Å². The molecule has 0 aliphatic rings. The Morgan fingerprint density at radius 2 is 1.81 bits per heavy atom. The van der Waals surface area contributed by atoms with E-state index in [1.165, 1.54) is 0 Å². The lowest BCUT2D eigenvalue weighted by Gasteiger charge is -2.07. The molecule has 0 amide bonds. The first-order valence-corrected chi connectivity index (χ1v) is 8.30. The molecule has 2 N–H and O–H groups in total. The minimum Gasteiger partial charge on any atom is -0.508 e. The highest BCUT2D eigenvalue weighted by molar-refractivity contribution is 7.89. The molecule has 21 heavy (non-hydrogen) atoms. The monoisotopic (exact) mass is 305 g/mol. The number of hydrogen-bond donors (Lipinski definition) is 2. The highest BCUT2D eigenvalue weighted by Crippen LogP contribution is 2.13. The van der Waals surface area contributed by atoms with Crippen LogP contribution in [0, 0.1) is 6.92 Å². The van der Waals surface area contributed by atoms with E-state index in [2.05, 4.69) is 4.72 Å². The lowest BCUT2D eigenvalue weighted by Crippen LogP contribution is -2.25. The Morgan fingerprint density at radius 1 is 1.10 bits per heavy atom. The van der Waals surface area contributed by atoms with Gasteiger partial charge in [-0.05, 0) is 49.6 Å². The van der Waals surface area contributed by atoms with E-state index < -0.39 is 10.0 Å². The molecule has 0 heterocycles. The van der Waals surface area contributed by atoms with Gasteiger partial charge in [-0.1, -0.05) is 29.8 Å². The van der Waals surface area contributed by atoms with Crippen molar-refractivity contribution >= 4 is 10.0 Å². The van der Waals surface area contributed by atoms with Gasteiger partial charge in [-0.15, -0.1) is 0 Å². The first-order chi connectivity index (χ1) is 9.97. The summed E-state index contributed by atoms with van der Waals surface area (Å²) < 4.78 is 26.7. The maximum Gasteiger partial charge on any atom is 0.240 e. The Kier molecular flexibility index (Phi) is 4.98. The molecule has 0 bridgehead atoms. The second-order valence-electron chi connectivity index (χ2n) is 4.98. The van der Waals surface area contributed by atoms with E-state index >= 15 is 0 Å². The molecule has 0 radical (unpaired) electrons. The van der Waals surface area contributed by atoms with Gasteiger partial charge in [-0.25, -0.2) is 13.1 Å². The van der Waals surface area contributed by atoms with Gasteiger partial charge in [0, 0.05) is 6.54 Å².